The van der Waals surface area contributed by atoms with Gasteiger partial charge in [0.1, 0.15) is 11.4 Å². The molecule has 0 atom stereocenters. The minimum Gasteiger partial charge on any atom is -0.478 e. The van der Waals surface area contributed by atoms with E-state index in [0.29, 0.717) is 18.8 Å². The van der Waals surface area contributed by atoms with E-state index in [4.69, 9.17) is 0 Å². The minimum atomic E-state index is -0.973. The average Bonchev–Trinajstić information content (AvgIpc) is 3.35. The third-order valence-electron chi connectivity index (χ3n) is 6.62. The summed E-state index contributed by atoms with van der Waals surface area (Å²) in [7, 11) is 0. The highest BCUT2D eigenvalue weighted by molar-refractivity contribution is 5.89. The summed E-state index contributed by atoms with van der Waals surface area (Å²) >= 11 is 0. The van der Waals surface area contributed by atoms with Gasteiger partial charge >= 0.3 is 5.97 Å². The Hall–Kier alpha value is -2.70. The SMILES string of the molecule is Cc1c(C(=O)O)cnn1C1CCN(C(=O)C2(c3cccc(F)c3)CCCC2)CC1. The van der Waals surface area contributed by atoms with Crippen molar-refractivity contribution >= 4 is 11.9 Å². The molecular formula is C22H26FN3O3. The number of amides is 1. The highest BCUT2D eigenvalue weighted by atomic mass is 19.1. The molecule has 1 saturated heterocycles. The lowest BCUT2D eigenvalue weighted by atomic mass is 9.77. The molecule has 154 valence electrons. The van der Waals surface area contributed by atoms with Crippen LogP contribution >= 0.6 is 0 Å². The Morgan fingerprint density at radius 2 is 1.90 bits per heavy atom. The number of carboxylic acids is 1. The van der Waals surface area contributed by atoms with Crippen LogP contribution in [-0.4, -0.2) is 44.8 Å². The highest BCUT2D eigenvalue weighted by Crippen LogP contribution is 2.43. The number of carbonyl (C=O) groups excluding carboxylic acids is 1. The molecule has 1 aromatic heterocycles. The quantitative estimate of drug-likeness (QED) is 0.851. The monoisotopic (exact) mass is 399 g/mol. The van der Waals surface area contributed by atoms with Gasteiger partial charge in [-0.3, -0.25) is 9.48 Å². The fourth-order valence-corrected chi connectivity index (χ4v) is 5.01. The maximum atomic E-state index is 13.9. The first kappa shape index (κ1) is 19.6. The standard InChI is InChI=1S/C22H26FN3O3/c1-15-19(20(27)28)14-24-26(15)18-7-11-25(12-8-18)21(29)22(9-2-3-10-22)16-5-4-6-17(23)13-16/h4-6,13-14,18H,2-3,7-12H2,1H3,(H,27,28). The second kappa shape index (κ2) is 7.61. The maximum Gasteiger partial charge on any atom is 0.339 e. The number of rotatable bonds is 4. The molecule has 0 spiro atoms. The molecule has 2 aliphatic rings. The number of nitrogens with zero attached hydrogens (tertiary/aromatic N) is 3. The van der Waals surface area contributed by atoms with Gasteiger partial charge in [-0.1, -0.05) is 25.0 Å². The number of hydrogen-bond acceptors (Lipinski definition) is 3. The Balaban J connectivity index is 1.50. The Labute approximate surface area is 169 Å². The van der Waals surface area contributed by atoms with Crippen LogP contribution in [0.2, 0.25) is 0 Å². The lowest BCUT2D eigenvalue weighted by Gasteiger charge is -2.39. The topological polar surface area (TPSA) is 75.4 Å². The van der Waals surface area contributed by atoms with Crippen LogP contribution in [0.5, 0.6) is 0 Å². The van der Waals surface area contributed by atoms with Gasteiger partial charge in [-0.2, -0.15) is 5.10 Å². The second-order valence-electron chi connectivity index (χ2n) is 8.22. The van der Waals surface area contributed by atoms with Crippen molar-refractivity contribution in [3.05, 3.63) is 53.1 Å². The molecule has 1 amide bonds. The molecule has 1 saturated carbocycles. The lowest BCUT2D eigenvalue weighted by Crippen LogP contribution is -2.48. The van der Waals surface area contributed by atoms with Crippen LogP contribution in [0.4, 0.5) is 4.39 Å². The fourth-order valence-electron chi connectivity index (χ4n) is 5.01. The molecule has 2 heterocycles. The van der Waals surface area contributed by atoms with Gasteiger partial charge in [-0.05, 0) is 50.3 Å². The molecule has 1 aromatic carbocycles. The number of benzene rings is 1. The molecule has 0 radical (unpaired) electrons. The van der Waals surface area contributed by atoms with Crippen LogP contribution in [0.3, 0.4) is 0 Å². The molecule has 0 bridgehead atoms. The molecule has 0 unspecified atom stereocenters. The van der Waals surface area contributed by atoms with Crippen LogP contribution in [0.1, 0.15) is 66.2 Å². The molecule has 1 aliphatic carbocycles. The highest BCUT2D eigenvalue weighted by Gasteiger charge is 2.45. The minimum absolute atomic E-state index is 0.0841. The number of likely N-dealkylation sites (tertiary alicyclic amines) is 1. The van der Waals surface area contributed by atoms with Crippen LogP contribution in [0.15, 0.2) is 30.5 Å². The van der Waals surface area contributed by atoms with Crippen molar-refractivity contribution < 1.29 is 19.1 Å². The Morgan fingerprint density at radius 3 is 2.48 bits per heavy atom. The Bertz CT molecular complexity index is 925. The van der Waals surface area contributed by atoms with Crippen molar-refractivity contribution in [2.45, 2.75) is 56.9 Å². The van der Waals surface area contributed by atoms with E-state index in [0.717, 1.165) is 44.1 Å². The van der Waals surface area contributed by atoms with Crippen LogP contribution in [-0.2, 0) is 10.2 Å². The molecule has 4 rings (SSSR count). The van der Waals surface area contributed by atoms with E-state index in [-0.39, 0.29) is 23.3 Å². The van der Waals surface area contributed by atoms with E-state index in [2.05, 4.69) is 5.10 Å². The third-order valence-corrected chi connectivity index (χ3v) is 6.62. The number of aromatic nitrogens is 2. The lowest BCUT2D eigenvalue weighted by molar-refractivity contribution is -0.138. The summed E-state index contributed by atoms with van der Waals surface area (Å²) in [5.41, 5.74) is 1.04. The van der Waals surface area contributed by atoms with Crippen molar-refractivity contribution in [2.75, 3.05) is 13.1 Å². The number of piperidine rings is 1. The zero-order chi connectivity index (χ0) is 20.6. The largest absolute Gasteiger partial charge is 0.478 e. The first-order valence-corrected chi connectivity index (χ1v) is 10.3. The second-order valence-corrected chi connectivity index (χ2v) is 8.22. The van der Waals surface area contributed by atoms with Crippen molar-refractivity contribution in [3.8, 4) is 0 Å². The zero-order valence-corrected chi connectivity index (χ0v) is 16.6. The summed E-state index contributed by atoms with van der Waals surface area (Å²) < 4.78 is 15.6. The summed E-state index contributed by atoms with van der Waals surface area (Å²) in [6.07, 6.45) is 6.32. The predicted octanol–water partition coefficient (Wildman–Crippen LogP) is 3.70. The van der Waals surface area contributed by atoms with Crippen molar-refractivity contribution in [1.82, 2.24) is 14.7 Å². The molecule has 2 aromatic rings. The van der Waals surface area contributed by atoms with E-state index in [9.17, 15) is 19.1 Å². The van der Waals surface area contributed by atoms with Crippen molar-refractivity contribution in [1.29, 1.82) is 0 Å². The molecule has 1 aliphatic heterocycles. The number of carboxylic acid groups (broad SMARTS) is 1. The zero-order valence-electron chi connectivity index (χ0n) is 16.6. The molecule has 6 nitrogen and oxygen atoms in total. The van der Waals surface area contributed by atoms with Gasteiger partial charge in [0.15, 0.2) is 0 Å². The number of carbonyl (C=O) groups is 2. The molecule has 2 fully saturated rings. The van der Waals surface area contributed by atoms with E-state index < -0.39 is 11.4 Å². The van der Waals surface area contributed by atoms with Gasteiger partial charge in [0.05, 0.1) is 23.3 Å². The number of hydrogen-bond donors (Lipinski definition) is 1. The van der Waals surface area contributed by atoms with Gasteiger partial charge in [0.2, 0.25) is 5.91 Å². The first-order chi connectivity index (χ1) is 13.9. The van der Waals surface area contributed by atoms with Crippen molar-refractivity contribution in [2.24, 2.45) is 0 Å². The summed E-state index contributed by atoms with van der Waals surface area (Å²) in [4.78, 5) is 26.7. The average molecular weight is 399 g/mol. The third kappa shape index (κ3) is 3.43. The van der Waals surface area contributed by atoms with Gasteiger partial charge in [-0.25, -0.2) is 9.18 Å². The fraction of sp³-hybridized carbons (Fsp3) is 0.500. The smallest absolute Gasteiger partial charge is 0.339 e. The molecule has 7 heteroatoms. The predicted molar refractivity (Wildman–Crippen MR) is 105 cm³/mol. The Morgan fingerprint density at radius 1 is 1.21 bits per heavy atom. The van der Waals surface area contributed by atoms with Crippen LogP contribution in [0.25, 0.3) is 0 Å². The van der Waals surface area contributed by atoms with E-state index >= 15 is 0 Å². The van der Waals surface area contributed by atoms with Crippen LogP contribution < -0.4 is 0 Å². The van der Waals surface area contributed by atoms with Gasteiger partial charge in [-0.15, -0.1) is 0 Å². The van der Waals surface area contributed by atoms with Crippen LogP contribution in [0, 0.1) is 12.7 Å². The van der Waals surface area contributed by atoms with E-state index in [1.165, 1.54) is 18.3 Å². The van der Waals surface area contributed by atoms with Gasteiger partial charge < -0.3 is 10.0 Å². The van der Waals surface area contributed by atoms with Gasteiger partial charge in [0.25, 0.3) is 0 Å². The van der Waals surface area contributed by atoms with E-state index in [1.807, 2.05) is 11.0 Å². The molecular weight excluding hydrogens is 373 g/mol. The number of halogens is 1. The normalized spacial score (nSPS) is 19.4. The molecule has 1 N–H and O–H groups in total. The summed E-state index contributed by atoms with van der Waals surface area (Å²) in [5.74, 6) is -1.18. The van der Waals surface area contributed by atoms with E-state index in [1.54, 1.807) is 17.7 Å². The van der Waals surface area contributed by atoms with Crippen molar-refractivity contribution in [3.63, 3.8) is 0 Å². The van der Waals surface area contributed by atoms with Gasteiger partial charge in [0, 0.05) is 13.1 Å². The summed E-state index contributed by atoms with van der Waals surface area (Å²) in [6, 6.07) is 6.57. The summed E-state index contributed by atoms with van der Waals surface area (Å²) in [6.45, 7) is 2.97. The first-order valence-electron chi connectivity index (χ1n) is 10.3. The number of aromatic carboxylic acids is 1. The molecule has 29 heavy (non-hydrogen) atoms. The maximum absolute atomic E-state index is 13.9. The summed E-state index contributed by atoms with van der Waals surface area (Å²) in [5, 5.41) is 13.5. The Kier molecular flexibility index (Phi) is 5.15.